The summed E-state index contributed by atoms with van der Waals surface area (Å²) in [5.74, 6) is 0. The van der Waals surface area contributed by atoms with Gasteiger partial charge in [-0.1, -0.05) is 35.3 Å². The summed E-state index contributed by atoms with van der Waals surface area (Å²) in [6.45, 7) is 0. The Morgan fingerprint density at radius 2 is 1.94 bits per heavy atom. The van der Waals surface area contributed by atoms with Crippen molar-refractivity contribution in [2.24, 2.45) is 4.40 Å². The lowest BCUT2D eigenvalue weighted by Crippen LogP contribution is -1.94. The van der Waals surface area contributed by atoms with E-state index in [1.165, 1.54) is 12.3 Å². The Kier molecular flexibility index (Phi) is 4.07. The fourth-order valence-corrected chi connectivity index (χ4v) is 3.34. The summed E-state index contributed by atoms with van der Waals surface area (Å²) in [6.07, 6.45) is 1.25. The molecule has 0 aliphatic rings. The standard InChI is InChI=1S/C11H7Cl2NO2S2/c12-9-4-3-8(6-10(9)13)7-14-18(15,16)11-2-1-5-17-11/h1-7H/b14-7-. The lowest BCUT2D eigenvalue weighted by atomic mass is 10.2. The van der Waals surface area contributed by atoms with Gasteiger partial charge in [0.1, 0.15) is 4.21 Å². The first-order valence-corrected chi connectivity index (χ1v) is 7.85. The number of benzene rings is 1. The summed E-state index contributed by atoms with van der Waals surface area (Å²) in [5, 5.41) is 2.45. The number of halogens is 2. The molecule has 0 amide bonds. The first-order valence-electron chi connectivity index (χ1n) is 4.78. The minimum atomic E-state index is -3.63. The van der Waals surface area contributed by atoms with Gasteiger partial charge in [-0.3, -0.25) is 0 Å². The highest BCUT2D eigenvalue weighted by Gasteiger charge is 2.12. The molecular weight excluding hydrogens is 313 g/mol. The highest BCUT2D eigenvalue weighted by Crippen LogP contribution is 2.22. The van der Waals surface area contributed by atoms with Crippen molar-refractivity contribution in [3.8, 4) is 0 Å². The molecular formula is C11H7Cl2NO2S2. The fourth-order valence-electron chi connectivity index (χ4n) is 1.19. The van der Waals surface area contributed by atoms with Crippen LogP contribution >= 0.6 is 34.5 Å². The predicted octanol–water partition coefficient (Wildman–Crippen LogP) is 3.86. The van der Waals surface area contributed by atoms with Gasteiger partial charge in [-0.2, -0.15) is 12.8 Å². The van der Waals surface area contributed by atoms with Crippen LogP contribution in [0.3, 0.4) is 0 Å². The molecule has 2 rings (SSSR count). The molecule has 94 valence electrons. The van der Waals surface area contributed by atoms with E-state index in [9.17, 15) is 8.42 Å². The summed E-state index contributed by atoms with van der Waals surface area (Å²) in [7, 11) is -3.63. The third-order valence-corrected chi connectivity index (χ3v) is 5.38. The van der Waals surface area contributed by atoms with Gasteiger partial charge in [-0.05, 0) is 29.1 Å². The van der Waals surface area contributed by atoms with Crippen molar-refractivity contribution in [2.45, 2.75) is 4.21 Å². The Balaban J connectivity index is 2.28. The monoisotopic (exact) mass is 319 g/mol. The number of sulfonamides is 1. The predicted molar refractivity (Wildman–Crippen MR) is 75.6 cm³/mol. The molecule has 0 radical (unpaired) electrons. The van der Waals surface area contributed by atoms with Gasteiger partial charge in [0.05, 0.1) is 10.0 Å². The van der Waals surface area contributed by atoms with Crippen molar-refractivity contribution in [2.75, 3.05) is 0 Å². The van der Waals surface area contributed by atoms with Gasteiger partial charge in [-0.15, -0.1) is 11.3 Å². The Morgan fingerprint density at radius 1 is 1.17 bits per heavy atom. The molecule has 0 saturated carbocycles. The van der Waals surface area contributed by atoms with Crippen molar-refractivity contribution in [1.29, 1.82) is 0 Å². The third-order valence-electron chi connectivity index (χ3n) is 2.03. The lowest BCUT2D eigenvalue weighted by molar-refractivity contribution is 0.600. The van der Waals surface area contributed by atoms with E-state index in [0.29, 0.717) is 15.6 Å². The molecule has 1 heterocycles. The number of thiophene rings is 1. The number of nitrogens with zero attached hydrogens (tertiary/aromatic N) is 1. The molecule has 18 heavy (non-hydrogen) atoms. The quantitative estimate of drug-likeness (QED) is 0.806. The average molecular weight is 320 g/mol. The maximum absolute atomic E-state index is 11.8. The SMILES string of the molecule is O=S(=O)(/N=C\c1ccc(Cl)c(Cl)c1)c1cccs1. The van der Waals surface area contributed by atoms with Crippen LogP contribution in [0.25, 0.3) is 0 Å². The molecule has 0 bridgehead atoms. The van der Waals surface area contributed by atoms with Crippen LogP contribution in [-0.2, 0) is 10.0 Å². The summed E-state index contributed by atoms with van der Waals surface area (Å²) in [5.41, 5.74) is 0.574. The van der Waals surface area contributed by atoms with Crippen molar-refractivity contribution < 1.29 is 8.42 Å². The average Bonchev–Trinajstić information content (AvgIpc) is 2.85. The summed E-state index contributed by atoms with van der Waals surface area (Å²) in [6, 6.07) is 7.94. The van der Waals surface area contributed by atoms with Crippen molar-refractivity contribution >= 4 is 50.8 Å². The van der Waals surface area contributed by atoms with Gasteiger partial charge in [0.15, 0.2) is 0 Å². The second-order valence-corrected chi connectivity index (χ2v) is 6.94. The molecule has 0 N–H and O–H groups in total. The first kappa shape index (κ1) is 13.5. The Labute approximate surface area is 119 Å². The Hall–Kier alpha value is -0.880. The summed E-state index contributed by atoms with van der Waals surface area (Å²) in [4.78, 5) is 0. The normalized spacial score (nSPS) is 12.1. The van der Waals surface area contributed by atoms with E-state index >= 15 is 0 Å². The van der Waals surface area contributed by atoms with Gasteiger partial charge < -0.3 is 0 Å². The Morgan fingerprint density at radius 3 is 2.56 bits per heavy atom. The zero-order valence-electron chi connectivity index (χ0n) is 8.88. The van der Waals surface area contributed by atoms with Crippen LogP contribution < -0.4 is 0 Å². The van der Waals surface area contributed by atoms with Crippen molar-refractivity contribution in [1.82, 2.24) is 0 Å². The van der Waals surface area contributed by atoms with E-state index in [1.807, 2.05) is 0 Å². The third kappa shape index (κ3) is 3.11. The molecule has 0 saturated heterocycles. The van der Waals surface area contributed by atoms with Crippen LogP contribution in [0.5, 0.6) is 0 Å². The van der Waals surface area contributed by atoms with Crippen LogP contribution in [0, 0.1) is 0 Å². The maximum atomic E-state index is 11.8. The minimum absolute atomic E-state index is 0.207. The van der Waals surface area contributed by atoms with E-state index in [1.54, 1.807) is 29.6 Å². The lowest BCUT2D eigenvalue weighted by Gasteiger charge is -1.97. The summed E-state index contributed by atoms with van der Waals surface area (Å²) >= 11 is 12.7. The maximum Gasteiger partial charge on any atom is 0.291 e. The summed E-state index contributed by atoms with van der Waals surface area (Å²) < 4.78 is 27.3. The van der Waals surface area contributed by atoms with Crippen LogP contribution in [0.4, 0.5) is 0 Å². The van der Waals surface area contributed by atoms with E-state index < -0.39 is 10.0 Å². The molecule has 0 atom stereocenters. The smallest absolute Gasteiger partial charge is 0.198 e. The second-order valence-electron chi connectivity index (χ2n) is 3.32. The molecule has 0 unspecified atom stereocenters. The number of rotatable bonds is 3. The number of hydrogen-bond acceptors (Lipinski definition) is 3. The molecule has 7 heteroatoms. The van der Waals surface area contributed by atoms with Gasteiger partial charge in [0, 0.05) is 6.21 Å². The highest BCUT2D eigenvalue weighted by atomic mass is 35.5. The van der Waals surface area contributed by atoms with E-state index in [4.69, 9.17) is 23.2 Å². The van der Waals surface area contributed by atoms with E-state index in [0.717, 1.165) is 11.3 Å². The molecule has 3 nitrogen and oxygen atoms in total. The van der Waals surface area contributed by atoms with Crippen LogP contribution in [-0.4, -0.2) is 14.6 Å². The zero-order valence-corrected chi connectivity index (χ0v) is 12.0. The van der Waals surface area contributed by atoms with Gasteiger partial charge in [0.2, 0.25) is 0 Å². The van der Waals surface area contributed by atoms with Gasteiger partial charge >= 0.3 is 0 Å². The first-order chi connectivity index (χ1) is 8.49. The molecule has 1 aromatic heterocycles. The minimum Gasteiger partial charge on any atom is -0.198 e. The van der Waals surface area contributed by atoms with Gasteiger partial charge in [-0.25, -0.2) is 0 Å². The molecule has 0 aliphatic heterocycles. The van der Waals surface area contributed by atoms with Crippen LogP contribution in [0.2, 0.25) is 10.0 Å². The Bertz CT molecular complexity index is 679. The van der Waals surface area contributed by atoms with Gasteiger partial charge in [0.25, 0.3) is 10.0 Å². The topological polar surface area (TPSA) is 46.5 Å². The molecule has 2 aromatic rings. The van der Waals surface area contributed by atoms with Crippen molar-refractivity contribution in [3.05, 3.63) is 51.3 Å². The van der Waals surface area contributed by atoms with E-state index in [2.05, 4.69) is 4.40 Å². The number of hydrogen-bond donors (Lipinski definition) is 0. The highest BCUT2D eigenvalue weighted by molar-refractivity contribution is 7.92. The zero-order chi connectivity index (χ0) is 13.2. The molecule has 0 fully saturated rings. The van der Waals surface area contributed by atoms with Crippen LogP contribution in [0.15, 0.2) is 44.3 Å². The molecule has 0 spiro atoms. The second kappa shape index (κ2) is 5.40. The van der Waals surface area contributed by atoms with E-state index in [-0.39, 0.29) is 4.21 Å². The largest absolute Gasteiger partial charge is 0.291 e. The van der Waals surface area contributed by atoms with Crippen molar-refractivity contribution in [3.63, 3.8) is 0 Å². The molecule has 1 aromatic carbocycles. The fraction of sp³-hybridized carbons (Fsp3) is 0. The van der Waals surface area contributed by atoms with Crippen LogP contribution in [0.1, 0.15) is 5.56 Å². The molecule has 0 aliphatic carbocycles.